The first-order valence-corrected chi connectivity index (χ1v) is 6.01. The third-order valence-corrected chi connectivity index (χ3v) is 2.14. The molecule has 0 aromatic carbocycles. The standard InChI is InChI=1S/C12H20N4O2/c1-9(2)8-18-7-6-14-12(17)10-4-5-11(13-3)16-15-10/h4-5,9H,6-8H2,1-3H3,(H,13,16)(H,14,17). The Morgan fingerprint density at radius 1 is 1.39 bits per heavy atom. The van der Waals surface area contributed by atoms with Crippen LogP contribution in [0.2, 0.25) is 0 Å². The molecule has 1 aromatic heterocycles. The van der Waals surface area contributed by atoms with Gasteiger partial charge in [0.15, 0.2) is 5.69 Å². The molecule has 2 N–H and O–H groups in total. The second-order valence-electron chi connectivity index (χ2n) is 4.28. The average molecular weight is 252 g/mol. The molecule has 0 radical (unpaired) electrons. The van der Waals surface area contributed by atoms with Crippen LogP contribution in [0.3, 0.4) is 0 Å². The van der Waals surface area contributed by atoms with Gasteiger partial charge in [0.25, 0.3) is 5.91 Å². The van der Waals surface area contributed by atoms with E-state index in [2.05, 4.69) is 34.7 Å². The molecule has 6 nitrogen and oxygen atoms in total. The Bertz CT molecular complexity index is 365. The summed E-state index contributed by atoms with van der Waals surface area (Å²) in [4.78, 5) is 11.7. The lowest BCUT2D eigenvalue weighted by Gasteiger charge is -2.07. The Balaban J connectivity index is 2.27. The molecule has 0 saturated heterocycles. The largest absolute Gasteiger partial charge is 0.379 e. The molecular weight excluding hydrogens is 232 g/mol. The summed E-state index contributed by atoms with van der Waals surface area (Å²) in [6.45, 7) is 5.84. The number of hydrogen-bond donors (Lipinski definition) is 2. The number of rotatable bonds is 7. The molecule has 0 saturated carbocycles. The average Bonchev–Trinajstić information content (AvgIpc) is 2.38. The van der Waals surface area contributed by atoms with E-state index in [1.54, 1.807) is 19.2 Å². The molecule has 0 aliphatic heterocycles. The van der Waals surface area contributed by atoms with Crippen molar-refractivity contribution in [1.29, 1.82) is 0 Å². The second-order valence-corrected chi connectivity index (χ2v) is 4.28. The van der Waals surface area contributed by atoms with Crippen LogP contribution in [0.15, 0.2) is 12.1 Å². The van der Waals surface area contributed by atoms with Crippen molar-refractivity contribution in [2.75, 3.05) is 32.1 Å². The first-order chi connectivity index (χ1) is 8.63. The number of carbonyl (C=O) groups excluding carboxylic acids is 1. The molecule has 6 heteroatoms. The van der Waals surface area contributed by atoms with Gasteiger partial charge in [-0.3, -0.25) is 4.79 Å². The summed E-state index contributed by atoms with van der Waals surface area (Å²) >= 11 is 0. The molecule has 0 spiro atoms. The number of nitrogens with one attached hydrogen (secondary N) is 2. The van der Waals surface area contributed by atoms with Crippen LogP contribution in [0.1, 0.15) is 24.3 Å². The summed E-state index contributed by atoms with van der Waals surface area (Å²) < 4.78 is 5.36. The fourth-order valence-corrected chi connectivity index (χ4v) is 1.23. The smallest absolute Gasteiger partial charge is 0.271 e. The Hall–Kier alpha value is -1.69. The van der Waals surface area contributed by atoms with Crippen LogP contribution in [0.25, 0.3) is 0 Å². The van der Waals surface area contributed by atoms with E-state index in [1.807, 2.05) is 0 Å². The number of aromatic nitrogens is 2. The predicted molar refractivity (Wildman–Crippen MR) is 69.6 cm³/mol. The quantitative estimate of drug-likeness (QED) is 0.706. The zero-order valence-corrected chi connectivity index (χ0v) is 11.1. The third-order valence-electron chi connectivity index (χ3n) is 2.14. The summed E-state index contributed by atoms with van der Waals surface area (Å²) in [5, 5.41) is 13.2. The molecule has 0 aliphatic carbocycles. The lowest BCUT2D eigenvalue weighted by atomic mass is 10.2. The maximum atomic E-state index is 11.7. The van der Waals surface area contributed by atoms with E-state index in [0.717, 1.165) is 0 Å². The molecule has 0 fully saturated rings. The van der Waals surface area contributed by atoms with Gasteiger partial charge in [0.2, 0.25) is 0 Å². The van der Waals surface area contributed by atoms with E-state index in [4.69, 9.17) is 4.74 Å². The van der Waals surface area contributed by atoms with Crippen molar-refractivity contribution in [3.63, 3.8) is 0 Å². The number of ether oxygens (including phenoxy) is 1. The number of nitrogens with zero attached hydrogens (tertiary/aromatic N) is 2. The van der Waals surface area contributed by atoms with Gasteiger partial charge in [-0.2, -0.15) is 0 Å². The number of anilines is 1. The van der Waals surface area contributed by atoms with Crippen LogP contribution in [0, 0.1) is 5.92 Å². The molecule has 0 aliphatic rings. The Kier molecular flexibility index (Phi) is 6.07. The minimum atomic E-state index is -0.238. The van der Waals surface area contributed by atoms with Crippen molar-refractivity contribution < 1.29 is 9.53 Å². The van der Waals surface area contributed by atoms with E-state index in [-0.39, 0.29) is 5.91 Å². The van der Waals surface area contributed by atoms with Gasteiger partial charge in [-0.25, -0.2) is 0 Å². The van der Waals surface area contributed by atoms with Gasteiger partial charge >= 0.3 is 0 Å². The van der Waals surface area contributed by atoms with Crippen LogP contribution < -0.4 is 10.6 Å². The molecule has 0 atom stereocenters. The minimum absolute atomic E-state index is 0.238. The van der Waals surface area contributed by atoms with E-state index in [1.165, 1.54) is 0 Å². The topological polar surface area (TPSA) is 76.1 Å². The highest BCUT2D eigenvalue weighted by Gasteiger charge is 2.06. The summed E-state index contributed by atoms with van der Waals surface area (Å²) in [6.07, 6.45) is 0. The predicted octanol–water partition coefficient (Wildman–Crippen LogP) is 0.921. The van der Waals surface area contributed by atoms with Crippen molar-refractivity contribution in [1.82, 2.24) is 15.5 Å². The number of carbonyl (C=O) groups is 1. The highest BCUT2D eigenvalue weighted by atomic mass is 16.5. The molecule has 1 rings (SSSR count). The summed E-state index contributed by atoms with van der Waals surface area (Å²) in [6, 6.07) is 3.33. The number of hydrogen-bond acceptors (Lipinski definition) is 5. The van der Waals surface area contributed by atoms with Gasteiger partial charge in [0, 0.05) is 20.2 Å². The highest BCUT2D eigenvalue weighted by Crippen LogP contribution is 2.00. The van der Waals surface area contributed by atoms with Crippen molar-refractivity contribution in [2.45, 2.75) is 13.8 Å². The molecule has 0 bridgehead atoms. The van der Waals surface area contributed by atoms with Crippen molar-refractivity contribution in [3.05, 3.63) is 17.8 Å². The number of amides is 1. The molecule has 18 heavy (non-hydrogen) atoms. The fourth-order valence-electron chi connectivity index (χ4n) is 1.23. The van der Waals surface area contributed by atoms with Crippen LogP contribution >= 0.6 is 0 Å². The molecule has 1 amide bonds. The van der Waals surface area contributed by atoms with Crippen molar-refractivity contribution >= 4 is 11.7 Å². The van der Waals surface area contributed by atoms with Crippen LogP contribution in [0.4, 0.5) is 5.82 Å². The monoisotopic (exact) mass is 252 g/mol. The van der Waals surface area contributed by atoms with E-state index in [0.29, 0.717) is 37.2 Å². The summed E-state index contributed by atoms with van der Waals surface area (Å²) in [5.74, 6) is 0.894. The molecule has 0 unspecified atom stereocenters. The maximum Gasteiger partial charge on any atom is 0.271 e. The zero-order valence-electron chi connectivity index (χ0n) is 11.1. The van der Waals surface area contributed by atoms with Gasteiger partial charge in [-0.15, -0.1) is 10.2 Å². The Morgan fingerprint density at radius 3 is 2.72 bits per heavy atom. The van der Waals surface area contributed by atoms with Gasteiger partial charge in [-0.1, -0.05) is 13.8 Å². The zero-order chi connectivity index (χ0) is 13.4. The molecule has 1 aromatic rings. The maximum absolute atomic E-state index is 11.7. The van der Waals surface area contributed by atoms with E-state index >= 15 is 0 Å². The Morgan fingerprint density at radius 2 is 2.17 bits per heavy atom. The van der Waals surface area contributed by atoms with Gasteiger partial charge in [0.05, 0.1) is 6.61 Å². The minimum Gasteiger partial charge on any atom is -0.379 e. The van der Waals surface area contributed by atoms with Gasteiger partial charge < -0.3 is 15.4 Å². The lowest BCUT2D eigenvalue weighted by Crippen LogP contribution is -2.28. The summed E-state index contributed by atoms with van der Waals surface area (Å²) in [7, 11) is 1.75. The second kappa shape index (κ2) is 7.60. The van der Waals surface area contributed by atoms with E-state index in [9.17, 15) is 4.79 Å². The van der Waals surface area contributed by atoms with Crippen LogP contribution in [-0.4, -0.2) is 42.9 Å². The van der Waals surface area contributed by atoms with Crippen molar-refractivity contribution in [2.24, 2.45) is 5.92 Å². The van der Waals surface area contributed by atoms with Crippen molar-refractivity contribution in [3.8, 4) is 0 Å². The van der Waals surface area contributed by atoms with Crippen LogP contribution in [0.5, 0.6) is 0 Å². The molecular formula is C12H20N4O2. The third kappa shape index (κ3) is 5.09. The normalized spacial score (nSPS) is 10.4. The Labute approximate surface area is 107 Å². The van der Waals surface area contributed by atoms with E-state index < -0.39 is 0 Å². The van der Waals surface area contributed by atoms with Gasteiger partial charge in [-0.05, 0) is 18.1 Å². The fraction of sp³-hybridized carbons (Fsp3) is 0.583. The molecule has 100 valence electrons. The lowest BCUT2D eigenvalue weighted by molar-refractivity contribution is 0.0881. The summed E-state index contributed by atoms with van der Waals surface area (Å²) in [5.41, 5.74) is 0.304. The van der Waals surface area contributed by atoms with Gasteiger partial charge in [0.1, 0.15) is 5.82 Å². The molecule has 1 heterocycles. The SMILES string of the molecule is CNc1ccc(C(=O)NCCOCC(C)C)nn1. The first kappa shape index (κ1) is 14.4. The first-order valence-electron chi connectivity index (χ1n) is 6.01. The van der Waals surface area contributed by atoms with Crippen LogP contribution in [-0.2, 0) is 4.74 Å². The highest BCUT2D eigenvalue weighted by molar-refractivity contribution is 5.92.